The molecular formula is C33H70NO3P. The Morgan fingerprint density at radius 1 is 0.447 bits per heavy atom. The van der Waals surface area contributed by atoms with E-state index in [-0.39, 0.29) is 0 Å². The maximum absolute atomic E-state index is 13.0. The van der Waals surface area contributed by atoms with E-state index in [9.17, 15) is 9.46 Å². The van der Waals surface area contributed by atoms with Gasteiger partial charge in [-0.3, -0.25) is 4.52 Å². The molecule has 38 heavy (non-hydrogen) atoms. The first-order valence-corrected chi connectivity index (χ1v) is 18.8. The Morgan fingerprint density at radius 2 is 0.711 bits per heavy atom. The van der Waals surface area contributed by atoms with Crippen LogP contribution in [0, 0.1) is 0 Å². The Labute approximate surface area is 240 Å². The minimum Gasteiger partial charge on any atom is -0.312 e. The lowest BCUT2D eigenvalue weighted by molar-refractivity contribution is 0.194. The zero-order valence-corrected chi connectivity index (χ0v) is 27.3. The minimum atomic E-state index is -3.67. The second-order valence-electron chi connectivity index (χ2n) is 11.8. The monoisotopic (exact) mass is 560 g/mol. The van der Waals surface area contributed by atoms with Crippen molar-refractivity contribution < 1.29 is 14.0 Å². The number of unbranched alkanes of at least 4 members (excludes halogenated alkanes) is 24. The van der Waals surface area contributed by atoms with Crippen molar-refractivity contribution in [1.82, 2.24) is 4.67 Å². The molecule has 0 saturated carbocycles. The fraction of sp³-hybridized carbons (Fsp3) is 1.00. The highest BCUT2D eigenvalue weighted by molar-refractivity contribution is 7.50. The van der Waals surface area contributed by atoms with Crippen molar-refractivity contribution in [3.8, 4) is 0 Å². The molecule has 5 heteroatoms. The van der Waals surface area contributed by atoms with Crippen LogP contribution in [0.1, 0.15) is 194 Å². The van der Waals surface area contributed by atoms with Gasteiger partial charge >= 0.3 is 7.75 Å². The van der Waals surface area contributed by atoms with Crippen molar-refractivity contribution in [2.45, 2.75) is 194 Å². The van der Waals surface area contributed by atoms with Crippen LogP contribution >= 0.6 is 7.75 Å². The van der Waals surface area contributed by atoms with E-state index in [4.69, 9.17) is 4.52 Å². The molecule has 0 aliphatic carbocycles. The molecule has 230 valence electrons. The average molecular weight is 560 g/mol. The summed E-state index contributed by atoms with van der Waals surface area (Å²) in [4.78, 5) is 10.7. The van der Waals surface area contributed by atoms with Crippen LogP contribution < -0.4 is 0 Å². The molecule has 0 fully saturated rings. The fourth-order valence-electron chi connectivity index (χ4n) is 5.25. The quantitative estimate of drug-likeness (QED) is 0.0657. The predicted octanol–water partition coefficient (Wildman–Crippen LogP) is 12.0. The van der Waals surface area contributed by atoms with E-state index in [1.165, 1.54) is 128 Å². The highest BCUT2D eigenvalue weighted by Gasteiger charge is 2.28. The summed E-state index contributed by atoms with van der Waals surface area (Å²) < 4.78 is 20.3. The Balaban J connectivity index is 4.05. The molecule has 0 aromatic carbocycles. The first-order chi connectivity index (χ1) is 18.6. The molecule has 0 radical (unpaired) electrons. The number of hydrogen-bond donors (Lipinski definition) is 1. The third-order valence-electron chi connectivity index (χ3n) is 7.90. The zero-order valence-electron chi connectivity index (χ0n) is 26.4. The summed E-state index contributed by atoms with van der Waals surface area (Å²) in [6, 6.07) is 0. The van der Waals surface area contributed by atoms with Gasteiger partial charge in [-0.25, -0.2) is 9.24 Å². The topological polar surface area (TPSA) is 49.8 Å². The maximum atomic E-state index is 13.0. The summed E-state index contributed by atoms with van der Waals surface area (Å²) in [5.74, 6) is 0. The van der Waals surface area contributed by atoms with Crippen molar-refractivity contribution in [1.29, 1.82) is 0 Å². The van der Waals surface area contributed by atoms with Crippen LogP contribution in [0.2, 0.25) is 0 Å². The highest BCUT2D eigenvalue weighted by atomic mass is 31.2. The van der Waals surface area contributed by atoms with Gasteiger partial charge in [0.2, 0.25) is 0 Å². The first-order valence-electron chi connectivity index (χ1n) is 17.3. The highest BCUT2D eigenvalue weighted by Crippen LogP contribution is 2.46. The molecule has 0 rings (SSSR count). The number of hydrogen-bond acceptors (Lipinski definition) is 2. The van der Waals surface area contributed by atoms with Gasteiger partial charge in [-0.1, -0.05) is 175 Å². The van der Waals surface area contributed by atoms with Crippen LogP contribution in [0.4, 0.5) is 0 Å². The van der Waals surface area contributed by atoms with Crippen molar-refractivity contribution in [3.05, 3.63) is 0 Å². The minimum absolute atomic E-state index is 0.398. The Bertz CT molecular complexity index is 475. The van der Waals surface area contributed by atoms with E-state index in [0.717, 1.165) is 44.9 Å². The summed E-state index contributed by atoms with van der Waals surface area (Å²) in [7, 11) is -3.67. The lowest BCUT2D eigenvalue weighted by Crippen LogP contribution is -2.24. The van der Waals surface area contributed by atoms with Crippen molar-refractivity contribution >= 4 is 7.75 Å². The van der Waals surface area contributed by atoms with Crippen LogP contribution in [0.3, 0.4) is 0 Å². The van der Waals surface area contributed by atoms with Crippen LogP contribution in [0.5, 0.6) is 0 Å². The van der Waals surface area contributed by atoms with E-state index in [0.29, 0.717) is 19.7 Å². The third-order valence-corrected chi connectivity index (χ3v) is 9.54. The van der Waals surface area contributed by atoms with Crippen LogP contribution in [0.25, 0.3) is 0 Å². The molecule has 0 heterocycles. The number of rotatable bonds is 32. The van der Waals surface area contributed by atoms with Gasteiger partial charge in [0.1, 0.15) is 0 Å². The molecule has 0 aliphatic rings. The summed E-state index contributed by atoms with van der Waals surface area (Å²) in [5, 5.41) is 0. The van der Waals surface area contributed by atoms with Gasteiger partial charge in [0.05, 0.1) is 6.61 Å². The molecule has 0 aromatic heterocycles. The molecule has 4 nitrogen and oxygen atoms in total. The molecule has 1 atom stereocenters. The fourth-order valence-corrected chi connectivity index (χ4v) is 6.57. The van der Waals surface area contributed by atoms with E-state index in [1.54, 1.807) is 4.67 Å². The van der Waals surface area contributed by atoms with Crippen LogP contribution in [-0.2, 0) is 9.09 Å². The lowest BCUT2D eigenvalue weighted by atomic mass is 10.1. The molecule has 0 bridgehead atoms. The molecule has 1 N–H and O–H groups in total. The Hall–Kier alpha value is 0.110. The van der Waals surface area contributed by atoms with Crippen LogP contribution in [0.15, 0.2) is 0 Å². The molecule has 0 aliphatic heterocycles. The largest absolute Gasteiger partial charge is 0.405 e. The molecule has 0 amide bonds. The van der Waals surface area contributed by atoms with E-state index in [2.05, 4.69) is 20.8 Å². The van der Waals surface area contributed by atoms with Gasteiger partial charge in [-0.05, 0) is 19.3 Å². The van der Waals surface area contributed by atoms with Crippen molar-refractivity contribution in [2.24, 2.45) is 0 Å². The third kappa shape index (κ3) is 26.3. The molecule has 1 unspecified atom stereocenters. The second-order valence-corrected chi connectivity index (χ2v) is 13.6. The summed E-state index contributed by atoms with van der Waals surface area (Å²) in [6.45, 7) is 8.48. The Morgan fingerprint density at radius 3 is 1.03 bits per heavy atom. The molecule has 0 aromatic rings. The van der Waals surface area contributed by atoms with Gasteiger partial charge < -0.3 is 4.89 Å². The maximum Gasteiger partial charge on any atom is 0.405 e. The van der Waals surface area contributed by atoms with Gasteiger partial charge in [-0.15, -0.1) is 0 Å². The zero-order chi connectivity index (χ0) is 28.0. The first kappa shape index (κ1) is 38.1. The standard InChI is InChI=1S/C33H70NO3P/c1-4-7-10-12-14-16-18-20-22-24-26-28-31-34(38(35,36)37-33-30-9-6-3)32-29-27-25-23-21-19-17-15-13-11-8-5-2/h4-33H2,1-3H3,(H,35,36). The average Bonchev–Trinajstić information content (AvgIpc) is 2.91. The molecule has 0 saturated heterocycles. The van der Waals surface area contributed by atoms with Gasteiger partial charge in [-0.2, -0.15) is 0 Å². The van der Waals surface area contributed by atoms with E-state index >= 15 is 0 Å². The SMILES string of the molecule is CCCCCCCCCCCCCCN(CCCCCCCCCCCCCC)P(=O)(O)OCCCCC. The van der Waals surface area contributed by atoms with E-state index in [1.807, 2.05) is 0 Å². The van der Waals surface area contributed by atoms with Crippen LogP contribution in [-0.4, -0.2) is 29.3 Å². The van der Waals surface area contributed by atoms with Gasteiger partial charge in [0, 0.05) is 13.1 Å². The van der Waals surface area contributed by atoms with Crippen molar-refractivity contribution in [2.75, 3.05) is 19.7 Å². The molecule has 0 spiro atoms. The second kappa shape index (κ2) is 30.1. The summed E-state index contributed by atoms with van der Waals surface area (Å²) >= 11 is 0. The van der Waals surface area contributed by atoms with Crippen molar-refractivity contribution in [3.63, 3.8) is 0 Å². The summed E-state index contributed by atoms with van der Waals surface area (Å²) in [5.41, 5.74) is 0. The van der Waals surface area contributed by atoms with E-state index < -0.39 is 7.75 Å². The van der Waals surface area contributed by atoms with Gasteiger partial charge in [0.25, 0.3) is 0 Å². The summed E-state index contributed by atoms with van der Waals surface area (Å²) in [6.07, 6.45) is 34.5. The normalized spacial score (nSPS) is 13.4. The van der Waals surface area contributed by atoms with Gasteiger partial charge in [0.15, 0.2) is 0 Å². The Kier molecular flexibility index (Phi) is 30.2. The predicted molar refractivity (Wildman–Crippen MR) is 169 cm³/mol. The smallest absolute Gasteiger partial charge is 0.312 e. The molecular weight excluding hydrogens is 489 g/mol. The number of nitrogens with zero attached hydrogens (tertiary/aromatic N) is 1. The lowest BCUT2D eigenvalue weighted by Gasteiger charge is -2.26.